The topological polar surface area (TPSA) is 60.0 Å². The van der Waals surface area contributed by atoms with Gasteiger partial charge in [-0.15, -0.1) is 0 Å². The van der Waals surface area contributed by atoms with Crippen LogP contribution in [-0.2, 0) is 4.79 Å². The van der Waals surface area contributed by atoms with Crippen LogP contribution in [0.15, 0.2) is 36.4 Å². The summed E-state index contributed by atoms with van der Waals surface area (Å²) in [5.41, 5.74) is 1.75. The van der Waals surface area contributed by atoms with Gasteiger partial charge in [-0.3, -0.25) is 9.69 Å². The minimum atomic E-state index is -0.0889. The standard InChI is InChI=1S/C23H27ClN2O4/c1-28-17-8-6-16(7-9-17)20-5-3-2-4-10-26(20)15-23(27)25-19-14-22-21(13-18(19)24)29-11-12-30-22/h6-9,13-14,20H,2-5,10-12,15H2,1H3,(H,25,27). The van der Waals surface area contributed by atoms with Crippen LogP contribution in [0.5, 0.6) is 17.2 Å². The van der Waals surface area contributed by atoms with Crippen molar-refractivity contribution < 1.29 is 19.0 Å². The molecular formula is C23H27ClN2O4. The van der Waals surface area contributed by atoms with Crippen molar-refractivity contribution in [1.29, 1.82) is 0 Å². The molecule has 1 saturated heterocycles. The Morgan fingerprint density at radius 3 is 2.60 bits per heavy atom. The first-order chi connectivity index (χ1) is 14.6. The zero-order valence-electron chi connectivity index (χ0n) is 17.2. The van der Waals surface area contributed by atoms with E-state index in [1.807, 2.05) is 12.1 Å². The van der Waals surface area contributed by atoms with Gasteiger partial charge in [0.25, 0.3) is 0 Å². The molecule has 0 aliphatic carbocycles. The van der Waals surface area contributed by atoms with Crippen LogP contribution < -0.4 is 19.5 Å². The lowest BCUT2D eigenvalue weighted by molar-refractivity contribution is -0.117. The van der Waals surface area contributed by atoms with E-state index in [0.717, 1.165) is 31.6 Å². The van der Waals surface area contributed by atoms with Crippen molar-refractivity contribution in [2.24, 2.45) is 0 Å². The van der Waals surface area contributed by atoms with Crippen LogP contribution in [-0.4, -0.2) is 44.2 Å². The van der Waals surface area contributed by atoms with Crippen molar-refractivity contribution in [3.8, 4) is 17.2 Å². The van der Waals surface area contributed by atoms with E-state index in [1.54, 1.807) is 19.2 Å². The van der Waals surface area contributed by atoms with E-state index < -0.39 is 0 Å². The van der Waals surface area contributed by atoms with E-state index in [1.165, 1.54) is 12.0 Å². The highest BCUT2D eigenvalue weighted by Crippen LogP contribution is 2.38. The minimum Gasteiger partial charge on any atom is -0.497 e. The van der Waals surface area contributed by atoms with E-state index in [2.05, 4.69) is 22.3 Å². The number of carbonyl (C=O) groups is 1. The molecule has 6 nitrogen and oxygen atoms in total. The molecule has 4 rings (SSSR count). The van der Waals surface area contributed by atoms with Crippen LogP contribution in [0, 0.1) is 0 Å². The molecule has 1 atom stereocenters. The summed E-state index contributed by atoms with van der Waals surface area (Å²) in [6, 6.07) is 11.8. The molecule has 2 aliphatic rings. The largest absolute Gasteiger partial charge is 0.497 e. The Hall–Kier alpha value is -2.44. The van der Waals surface area contributed by atoms with E-state index in [0.29, 0.717) is 42.0 Å². The molecule has 0 saturated carbocycles. The molecule has 0 aromatic heterocycles. The Morgan fingerprint density at radius 1 is 1.13 bits per heavy atom. The lowest BCUT2D eigenvalue weighted by Crippen LogP contribution is -2.36. The predicted octanol–water partition coefficient (Wildman–Crippen LogP) is 4.68. The average Bonchev–Trinajstić information content (AvgIpc) is 2.99. The highest BCUT2D eigenvalue weighted by Gasteiger charge is 2.25. The molecule has 0 bridgehead atoms. The predicted molar refractivity (Wildman–Crippen MR) is 117 cm³/mol. The van der Waals surface area contributed by atoms with Crippen LogP contribution in [0.1, 0.15) is 37.3 Å². The third kappa shape index (κ3) is 4.82. The fraction of sp³-hybridized carbons (Fsp3) is 0.435. The molecule has 2 aliphatic heterocycles. The zero-order chi connectivity index (χ0) is 20.9. The molecule has 2 aromatic rings. The number of nitrogens with one attached hydrogen (secondary N) is 1. The second-order valence-electron chi connectivity index (χ2n) is 7.63. The van der Waals surface area contributed by atoms with E-state index in [-0.39, 0.29) is 11.9 Å². The number of nitrogens with zero attached hydrogens (tertiary/aromatic N) is 1. The highest BCUT2D eigenvalue weighted by atomic mass is 35.5. The molecule has 1 unspecified atom stereocenters. The molecule has 2 heterocycles. The number of methoxy groups -OCH3 is 1. The average molecular weight is 431 g/mol. The number of carbonyl (C=O) groups excluding carboxylic acids is 1. The van der Waals surface area contributed by atoms with Crippen LogP contribution in [0.2, 0.25) is 5.02 Å². The van der Waals surface area contributed by atoms with Crippen molar-refractivity contribution in [3.05, 3.63) is 47.0 Å². The van der Waals surface area contributed by atoms with Crippen molar-refractivity contribution in [2.75, 3.05) is 38.7 Å². The second kappa shape index (κ2) is 9.58. The summed E-state index contributed by atoms with van der Waals surface area (Å²) in [4.78, 5) is 15.1. The van der Waals surface area contributed by atoms with Gasteiger partial charge < -0.3 is 19.5 Å². The number of anilines is 1. The first kappa shape index (κ1) is 20.8. The van der Waals surface area contributed by atoms with Gasteiger partial charge in [0.05, 0.1) is 24.4 Å². The number of amides is 1. The third-order valence-corrected chi connectivity index (χ3v) is 5.93. The van der Waals surface area contributed by atoms with Gasteiger partial charge in [-0.1, -0.05) is 36.6 Å². The van der Waals surface area contributed by atoms with Gasteiger partial charge in [0.2, 0.25) is 5.91 Å². The monoisotopic (exact) mass is 430 g/mol. The lowest BCUT2D eigenvalue weighted by Gasteiger charge is -2.30. The van der Waals surface area contributed by atoms with Crippen LogP contribution >= 0.6 is 11.6 Å². The number of fused-ring (bicyclic) bond motifs is 1. The highest BCUT2D eigenvalue weighted by molar-refractivity contribution is 6.34. The summed E-state index contributed by atoms with van der Waals surface area (Å²) in [6.07, 6.45) is 4.46. The molecule has 2 aromatic carbocycles. The van der Waals surface area contributed by atoms with Gasteiger partial charge in [0, 0.05) is 18.2 Å². The Morgan fingerprint density at radius 2 is 1.87 bits per heavy atom. The van der Waals surface area contributed by atoms with Crippen molar-refractivity contribution >= 4 is 23.2 Å². The Labute approximate surface area is 182 Å². The van der Waals surface area contributed by atoms with Gasteiger partial charge in [0.1, 0.15) is 19.0 Å². The van der Waals surface area contributed by atoms with Crippen LogP contribution in [0.4, 0.5) is 5.69 Å². The first-order valence-electron chi connectivity index (χ1n) is 10.4. The van der Waals surface area contributed by atoms with Gasteiger partial charge >= 0.3 is 0 Å². The van der Waals surface area contributed by atoms with Gasteiger partial charge in [-0.05, 0) is 37.1 Å². The third-order valence-electron chi connectivity index (χ3n) is 5.62. The van der Waals surface area contributed by atoms with Crippen molar-refractivity contribution in [2.45, 2.75) is 31.7 Å². The smallest absolute Gasteiger partial charge is 0.238 e. The Bertz CT molecular complexity index is 888. The number of likely N-dealkylation sites (tertiary alicyclic amines) is 1. The fourth-order valence-electron chi connectivity index (χ4n) is 4.09. The minimum absolute atomic E-state index is 0.0889. The zero-order valence-corrected chi connectivity index (χ0v) is 17.9. The number of ether oxygens (including phenoxy) is 3. The van der Waals surface area contributed by atoms with Gasteiger partial charge in [-0.25, -0.2) is 0 Å². The number of hydrogen-bond donors (Lipinski definition) is 1. The van der Waals surface area contributed by atoms with Crippen molar-refractivity contribution in [1.82, 2.24) is 4.90 Å². The number of hydrogen-bond acceptors (Lipinski definition) is 5. The van der Waals surface area contributed by atoms with Gasteiger partial charge in [0.15, 0.2) is 11.5 Å². The Balaban J connectivity index is 1.47. The maximum absolute atomic E-state index is 12.9. The summed E-state index contributed by atoms with van der Waals surface area (Å²) in [5.74, 6) is 1.96. The molecule has 160 valence electrons. The van der Waals surface area contributed by atoms with Crippen LogP contribution in [0.25, 0.3) is 0 Å². The molecular weight excluding hydrogens is 404 g/mol. The summed E-state index contributed by atoms with van der Waals surface area (Å²) in [7, 11) is 1.67. The van der Waals surface area contributed by atoms with Crippen molar-refractivity contribution in [3.63, 3.8) is 0 Å². The maximum atomic E-state index is 12.9. The summed E-state index contributed by atoms with van der Waals surface area (Å²) < 4.78 is 16.4. The van der Waals surface area contributed by atoms with E-state index in [9.17, 15) is 4.79 Å². The van der Waals surface area contributed by atoms with Gasteiger partial charge in [-0.2, -0.15) is 0 Å². The molecule has 7 heteroatoms. The number of rotatable bonds is 5. The SMILES string of the molecule is COc1ccc(C2CCCCCN2CC(=O)Nc2cc3c(cc2Cl)OCCO3)cc1. The molecule has 1 amide bonds. The Kier molecular flexibility index (Phi) is 6.65. The normalized spacial score (nSPS) is 19.1. The quantitative estimate of drug-likeness (QED) is 0.746. The molecule has 30 heavy (non-hydrogen) atoms. The number of benzene rings is 2. The van der Waals surface area contributed by atoms with E-state index >= 15 is 0 Å². The summed E-state index contributed by atoms with van der Waals surface area (Å²) >= 11 is 6.35. The maximum Gasteiger partial charge on any atom is 0.238 e. The fourth-order valence-corrected chi connectivity index (χ4v) is 4.30. The molecule has 1 fully saturated rings. The summed E-state index contributed by atoms with van der Waals surface area (Å²) in [5, 5.41) is 3.39. The molecule has 0 radical (unpaired) electrons. The summed E-state index contributed by atoms with van der Waals surface area (Å²) in [6.45, 7) is 2.18. The second-order valence-corrected chi connectivity index (χ2v) is 8.04. The van der Waals surface area contributed by atoms with E-state index in [4.69, 9.17) is 25.8 Å². The lowest BCUT2D eigenvalue weighted by atomic mass is 10.0. The van der Waals surface area contributed by atoms with Crippen LogP contribution in [0.3, 0.4) is 0 Å². The first-order valence-corrected chi connectivity index (χ1v) is 10.8. The number of halogens is 1. The molecule has 0 spiro atoms. The molecule has 1 N–H and O–H groups in total.